The van der Waals surface area contributed by atoms with E-state index < -0.39 is 0 Å². The molecular formula is C29H32FNO3. The van der Waals surface area contributed by atoms with Crippen LogP contribution in [0.25, 0.3) is 11.1 Å². The summed E-state index contributed by atoms with van der Waals surface area (Å²) in [6.07, 6.45) is 4.90. The van der Waals surface area contributed by atoms with E-state index in [1.54, 1.807) is 6.07 Å². The number of carbonyl (C=O) groups excluding carboxylic acids is 1. The summed E-state index contributed by atoms with van der Waals surface area (Å²) in [5.74, 6) is 0.456. The molecule has 1 saturated carbocycles. The number of benzene rings is 3. The second-order valence-electron chi connectivity index (χ2n) is 8.88. The molecular weight excluding hydrogens is 429 g/mol. The first kappa shape index (κ1) is 24.0. The fraction of sp³-hybridized carbons (Fsp3) is 0.345. The minimum atomic E-state index is -0.273. The molecule has 178 valence electrons. The number of rotatable bonds is 9. The lowest BCUT2D eigenvalue weighted by Crippen LogP contribution is -2.28. The van der Waals surface area contributed by atoms with E-state index in [4.69, 9.17) is 9.47 Å². The van der Waals surface area contributed by atoms with Gasteiger partial charge in [0.05, 0.1) is 18.8 Å². The highest BCUT2D eigenvalue weighted by atomic mass is 19.1. The van der Waals surface area contributed by atoms with Crippen LogP contribution in [0, 0.1) is 5.82 Å². The lowest BCUT2D eigenvalue weighted by molar-refractivity contribution is -0.118. The van der Waals surface area contributed by atoms with Crippen molar-refractivity contribution in [3.05, 3.63) is 89.7 Å². The van der Waals surface area contributed by atoms with Gasteiger partial charge in [-0.1, -0.05) is 48.5 Å². The number of nitrogens with one attached hydrogen (secondary N) is 1. The third-order valence-corrected chi connectivity index (χ3v) is 6.24. The zero-order chi connectivity index (χ0) is 23.8. The first-order valence-electron chi connectivity index (χ1n) is 12.0. The summed E-state index contributed by atoms with van der Waals surface area (Å²) in [5, 5.41) is 2.83. The van der Waals surface area contributed by atoms with Gasteiger partial charge < -0.3 is 14.8 Å². The van der Waals surface area contributed by atoms with Crippen molar-refractivity contribution in [2.24, 2.45) is 0 Å². The number of halogens is 1. The summed E-state index contributed by atoms with van der Waals surface area (Å²) < 4.78 is 26.4. The van der Waals surface area contributed by atoms with E-state index in [0.29, 0.717) is 19.6 Å². The molecule has 0 atom stereocenters. The number of amides is 1. The molecule has 1 aliphatic rings. The van der Waals surface area contributed by atoms with E-state index >= 15 is 0 Å². The van der Waals surface area contributed by atoms with Crippen molar-refractivity contribution in [2.75, 3.05) is 6.54 Å². The molecule has 0 aromatic heterocycles. The van der Waals surface area contributed by atoms with Crippen molar-refractivity contribution < 1.29 is 18.7 Å². The van der Waals surface area contributed by atoms with E-state index in [1.165, 1.54) is 24.6 Å². The van der Waals surface area contributed by atoms with Crippen LogP contribution in [0.2, 0.25) is 0 Å². The van der Waals surface area contributed by atoms with Gasteiger partial charge in [-0.15, -0.1) is 0 Å². The summed E-state index contributed by atoms with van der Waals surface area (Å²) in [7, 11) is 0. The minimum absolute atomic E-state index is 0.0596. The van der Waals surface area contributed by atoms with Crippen molar-refractivity contribution in [3.8, 4) is 16.9 Å². The van der Waals surface area contributed by atoms with Gasteiger partial charge in [-0.25, -0.2) is 4.39 Å². The lowest BCUT2D eigenvalue weighted by atomic mass is 9.94. The van der Waals surface area contributed by atoms with E-state index in [2.05, 4.69) is 17.4 Å². The Bertz CT molecular complexity index is 1080. The summed E-state index contributed by atoms with van der Waals surface area (Å²) >= 11 is 0. The minimum Gasteiger partial charge on any atom is -0.490 e. The van der Waals surface area contributed by atoms with Gasteiger partial charge in [-0.05, 0) is 78.6 Å². The van der Waals surface area contributed by atoms with Crippen LogP contribution in [0.15, 0.2) is 72.8 Å². The van der Waals surface area contributed by atoms with Crippen molar-refractivity contribution in [1.82, 2.24) is 5.32 Å². The maximum Gasteiger partial charge on any atom is 0.216 e. The van der Waals surface area contributed by atoms with Crippen LogP contribution >= 0.6 is 0 Å². The van der Waals surface area contributed by atoms with E-state index in [0.717, 1.165) is 48.1 Å². The second kappa shape index (κ2) is 11.8. The Balaban J connectivity index is 1.38. The highest BCUT2D eigenvalue weighted by molar-refractivity contribution is 5.73. The summed E-state index contributed by atoms with van der Waals surface area (Å²) in [6.45, 7) is 2.69. The maximum atomic E-state index is 13.9. The molecule has 0 bridgehead atoms. The fourth-order valence-corrected chi connectivity index (χ4v) is 4.44. The van der Waals surface area contributed by atoms with E-state index in [1.807, 2.05) is 42.5 Å². The number of carbonyl (C=O) groups is 1. The number of hydrogen-bond acceptors (Lipinski definition) is 3. The van der Waals surface area contributed by atoms with Crippen molar-refractivity contribution in [1.29, 1.82) is 0 Å². The molecule has 34 heavy (non-hydrogen) atoms. The molecule has 4 nitrogen and oxygen atoms in total. The van der Waals surface area contributed by atoms with Crippen LogP contribution < -0.4 is 10.1 Å². The molecule has 0 saturated heterocycles. The third-order valence-electron chi connectivity index (χ3n) is 6.24. The van der Waals surface area contributed by atoms with Gasteiger partial charge in [0.25, 0.3) is 0 Å². The lowest BCUT2D eigenvalue weighted by Gasteiger charge is -2.29. The predicted octanol–water partition coefficient (Wildman–Crippen LogP) is 6.08. The molecule has 3 aromatic rings. The average molecular weight is 462 g/mol. The van der Waals surface area contributed by atoms with Gasteiger partial charge in [0, 0.05) is 13.5 Å². The first-order valence-corrected chi connectivity index (χ1v) is 12.0. The SMILES string of the molecule is CC(=O)NCCc1ccc(OC2CCC(OCc3ccccc3)CC2)cc1-c1cccc(F)c1. The molecule has 1 fully saturated rings. The van der Waals surface area contributed by atoms with Crippen LogP contribution in [-0.2, 0) is 22.6 Å². The molecule has 1 amide bonds. The van der Waals surface area contributed by atoms with Gasteiger partial charge in [-0.2, -0.15) is 0 Å². The Labute approximate surface area is 201 Å². The molecule has 3 aromatic carbocycles. The van der Waals surface area contributed by atoms with Gasteiger partial charge >= 0.3 is 0 Å². The van der Waals surface area contributed by atoms with E-state index in [9.17, 15) is 9.18 Å². The maximum absolute atomic E-state index is 13.9. The van der Waals surface area contributed by atoms with Crippen molar-refractivity contribution in [2.45, 2.75) is 57.8 Å². The van der Waals surface area contributed by atoms with Gasteiger partial charge in [0.15, 0.2) is 0 Å². The Morgan fingerprint density at radius 3 is 2.44 bits per heavy atom. The Morgan fingerprint density at radius 2 is 1.71 bits per heavy atom. The molecule has 5 heteroatoms. The number of hydrogen-bond donors (Lipinski definition) is 1. The fourth-order valence-electron chi connectivity index (χ4n) is 4.44. The Kier molecular flexibility index (Phi) is 8.31. The van der Waals surface area contributed by atoms with Crippen molar-refractivity contribution >= 4 is 5.91 Å². The average Bonchev–Trinajstić information content (AvgIpc) is 2.85. The zero-order valence-electron chi connectivity index (χ0n) is 19.6. The second-order valence-corrected chi connectivity index (χ2v) is 8.88. The standard InChI is InChI=1S/C29H32FNO3/c1-21(32)31-17-16-23-10-11-28(19-29(23)24-8-5-9-25(30)18-24)34-27-14-12-26(13-15-27)33-20-22-6-3-2-4-7-22/h2-11,18-19,26-27H,12-17,20H2,1H3,(H,31,32). The highest BCUT2D eigenvalue weighted by Gasteiger charge is 2.23. The van der Waals surface area contributed by atoms with Gasteiger partial charge in [0.2, 0.25) is 5.91 Å². The molecule has 0 radical (unpaired) electrons. The first-order chi connectivity index (χ1) is 16.6. The molecule has 0 aliphatic heterocycles. The highest BCUT2D eigenvalue weighted by Crippen LogP contribution is 2.32. The van der Waals surface area contributed by atoms with Crippen LogP contribution in [0.3, 0.4) is 0 Å². The molecule has 0 unspecified atom stereocenters. The van der Waals surface area contributed by atoms with Crippen LogP contribution in [0.5, 0.6) is 5.75 Å². The van der Waals surface area contributed by atoms with Crippen LogP contribution in [0.1, 0.15) is 43.7 Å². The predicted molar refractivity (Wildman–Crippen MR) is 132 cm³/mol. The quantitative estimate of drug-likeness (QED) is 0.420. The van der Waals surface area contributed by atoms with Crippen LogP contribution in [-0.4, -0.2) is 24.7 Å². The van der Waals surface area contributed by atoms with Crippen LogP contribution in [0.4, 0.5) is 4.39 Å². The molecule has 0 spiro atoms. The topological polar surface area (TPSA) is 47.6 Å². The largest absolute Gasteiger partial charge is 0.490 e. The molecule has 4 rings (SSSR count). The van der Waals surface area contributed by atoms with Gasteiger partial charge in [-0.3, -0.25) is 4.79 Å². The van der Waals surface area contributed by atoms with E-state index in [-0.39, 0.29) is 23.9 Å². The zero-order valence-corrected chi connectivity index (χ0v) is 19.6. The number of ether oxygens (including phenoxy) is 2. The smallest absolute Gasteiger partial charge is 0.216 e. The Hall–Kier alpha value is -3.18. The molecule has 1 aliphatic carbocycles. The Morgan fingerprint density at radius 1 is 0.941 bits per heavy atom. The third kappa shape index (κ3) is 6.91. The summed E-state index contributed by atoms with van der Waals surface area (Å²) in [6, 6.07) is 22.9. The molecule has 1 N–H and O–H groups in total. The summed E-state index contributed by atoms with van der Waals surface area (Å²) in [4.78, 5) is 11.3. The molecule has 0 heterocycles. The summed E-state index contributed by atoms with van der Waals surface area (Å²) in [5.41, 5.74) is 3.98. The van der Waals surface area contributed by atoms with Crippen molar-refractivity contribution in [3.63, 3.8) is 0 Å². The monoisotopic (exact) mass is 461 g/mol. The normalized spacial score (nSPS) is 17.8. The van der Waals surface area contributed by atoms with Gasteiger partial charge in [0.1, 0.15) is 11.6 Å².